The summed E-state index contributed by atoms with van der Waals surface area (Å²) in [5.74, 6) is 0. The van der Waals surface area contributed by atoms with Gasteiger partial charge in [0.2, 0.25) is 0 Å². The Morgan fingerprint density at radius 3 is 2.48 bits per heavy atom. The Labute approximate surface area is 131 Å². The van der Waals surface area contributed by atoms with Crippen LogP contribution in [0.4, 0.5) is 0 Å². The maximum atomic E-state index is 5.77. The maximum Gasteiger partial charge on any atom is 0.155 e. The van der Waals surface area contributed by atoms with Crippen LogP contribution in [0.15, 0.2) is 71.3 Å². The summed E-state index contributed by atoms with van der Waals surface area (Å²) in [6.07, 6.45) is 1.75. The molecule has 0 fully saturated rings. The van der Waals surface area contributed by atoms with Gasteiger partial charge in [-0.25, -0.2) is 9.97 Å². The molecule has 4 heterocycles. The monoisotopic (exact) mass is 297 g/mol. The van der Waals surface area contributed by atoms with Crippen LogP contribution in [0.1, 0.15) is 0 Å². The quantitative estimate of drug-likeness (QED) is 0.454. The SMILES string of the molecule is c1ccc2nc(-c3ccc4oc5cccnc5c4n3)ccc2c1. The first-order chi connectivity index (χ1) is 11.4. The van der Waals surface area contributed by atoms with Crippen molar-refractivity contribution >= 4 is 33.1 Å². The van der Waals surface area contributed by atoms with Crippen molar-refractivity contribution in [2.24, 2.45) is 0 Å². The summed E-state index contributed by atoms with van der Waals surface area (Å²) in [5.41, 5.74) is 5.66. The highest BCUT2D eigenvalue weighted by molar-refractivity contribution is 6.00. The summed E-state index contributed by atoms with van der Waals surface area (Å²) in [4.78, 5) is 13.8. The van der Waals surface area contributed by atoms with Gasteiger partial charge in [-0.15, -0.1) is 0 Å². The lowest BCUT2D eigenvalue weighted by atomic mass is 10.1. The minimum absolute atomic E-state index is 0.739. The zero-order valence-corrected chi connectivity index (χ0v) is 12.1. The van der Waals surface area contributed by atoms with Gasteiger partial charge in [-0.05, 0) is 36.4 Å². The molecule has 0 spiro atoms. The molecule has 0 N–H and O–H groups in total. The third kappa shape index (κ3) is 1.89. The van der Waals surface area contributed by atoms with E-state index in [9.17, 15) is 0 Å². The molecule has 4 aromatic heterocycles. The Bertz CT molecular complexity index is 1180. The fourth-order valence-corrected chi connectivity index (χ4v) is 2.82. The molecule has 0 aliphatic carbocycles. The number of aromatic nitrogens is 3. The van der Waals surface area contributed by atoms with Crippen molar-refractivity contribution in [2.45, 2.75) is 0 Å². The minimum Gasteiger partial charge on any atom is -0.453 e. The van der Waals surface area contributed by atoms with Crippen LogP contribution in [0.5, 0.6) is 0 Å². The Kier molecular flexibility index (Phi) is 2.46. The molecule has 0 amide bonds. The van der Waals surface area contributed by atoms with Gasteiger partial charge >= 0.3 is 0 Å². The molecule has 0 aliphatic rings. The van der Waals surface area contributed by atoms with Gasteiger partial charge in [0.15, 0.2) is 11.2 Å². The van der Waals surface area contributed by atoms with Gasteiger partial charge in [0, 0.05) is 11.6 Å². The standard InChI is InChI=1S/C19H11N3O/c1-2-5-13-12(4-1)7-8-14(21-13)15-9-10-17-19(22-15)18-16(23-17)6-3-11-20-18/h1-11H. The summed E-state index contributed by atoms with van der Waals surface area (Å²) in [5, 5.41) is 1.12. The van der Waals surface area contributed by atoms with E-state index in [1.54, 1.807) is 6.20 Å². The number of hydrogen-bond acceptors (Lipinski definition) is 4. The fraction of sp³-hybridized carbons (Fsp3) is 0. The van der Waals surface area contributed by atoms with Crippen LogP contribution in [-0.2, 0) is 0 Å². The van der Waals surface area contributed by atoms with Crippen LogP contribution in [0.3, 0.4) is 0 Å². The predicted molar refractivity (Wildman–Crippen MR) is 90.0 cm³/mol. The van der Waals surface area contributed by atoms with E-state index in [4.69, 9.17) is 14.4 Å². The summed E-state index contributed by atoms with van der Waals surface area (Å²) in [6, 6.07) is 19.7. The van der Waals surface area contributed by atoms with Crippen LogP contribution in [0.2, 0.25) is 0 Å². The second-order valence-electron chi connectivity index (χ2n) is 5.38. The molecule has 0 saturated carbocycles. The number of fused-ring (bicyclic) bond motifs is 4. The largest absolute Gasteiger partial charge is 0.453 e. The van der Waals surface area contributed by atoms with Crippen molar-refractivity contribution in [1.82, 2.24) is 15.0 Å². The summed E-state index contributed by atoms with van der Waals surface area (Å²) < 4.78 is 5.77. The van der Waals surface area contributed by atoms with Crippen LogP contribution in [-0.4, -0.2) is 15.0 Å². The van der Waals surface area contributed by atoms with E-state index >= 15 is 0 Å². The van der Waals surface area contributed by atoms with Gasteiger partial charge in [0.25, 0.3) is 0 Å². The van der Waals surface area contributed by atoms with E-state index in [0.29, 0.717) is 0 Å². The molecular formula is C19H11N3O. The summed E-state index contributed by atoms with van der Waals surface area (Å²) in [7, 11) is 0. The van der Waals surface area contributed by atoms with Crippen molar-refractivity contribution in [3.63, 3.8) is 0 Å². The van der Waals surface area contributed by atoms with Gasteiger partial charge < -0.3 is 4.42 Å². The predicted octanol–water partition coefficient (Wildman–Crippen LogP) is 4.59. The third-order valence-corrected chi connectivity index (χ3v) is 3.93. The van der Waals surface area contributed by atoms with Crippen LogP contribution < -0.4 is 0 Å². The molecule has 0 unspecified atom stereocenters. The lowest BCUT2D eigenvalue weighted by Crippen LogP contribution is -1.88. The van der Waals surface area contributed by atoms with E-state index in [1.807, 2.05) is 48.5 Å². The smallest absolute Gasteiger partial charge is 0.155 e. The topological polar surface area (TPSA) is 51.8 Å². The van der Waals surface area contributed by atoms with E-state index in [0.717, 1.165) is 44.5 Å². The van der Waals surface area contributed by atoms with Crippen molar-refractivity contribution in [3.8, 4) is 11.4 Å². The zero-order valence-electron chi connectivity index (χ0n) is 12.1. The molecule has 0 atom stereocenters. The molecule has 0 bridgehead atoms. The molecule has 0 aliphatic heterocycles. The van der Waals surface area contributed by atoms with Crippen LogP contribution in [0, 0.1) is 0 Å². The second-order valence-corrected chi connectivity index (χ2v) is 5.38. The summed E-state index contributed by atoms with van der Waals surface area (Å²) in [6.45, 7) is 0. The molecule has 0 saturated heterocycles. The van der Waals surface area contributed by atoms with Crippen LogP contribution >= 0.6 is 0 Å². The molecule has 0 radical (unpaired) electrons. The second kappa shape index (κ2) is 4.61. The average Bonchev–Trinajstić information content (AvgIpc) is 2.99. The average molecular weight is 297 g/mol. The molecule has 108 valence electrons. The molecule has 23 heavy (non-hydrogen) atoms. The normalized spacial score (nSPS) is 11.5. The van der Waals surface area contributed by atoms with Gasteiger partial charge in [0.1, 0.15) is 11.0 Å². The van der Waals surface area contributed by atoms with Gasteiger partial charge in [-0.1, -0.05) is 24.3 Å². The summed E-state index contributed by atoms with van der Waals surface area (Å²) >= 11 is 0. The highest BCUT2D eigenvalue weighted by Crippen LogP contribution is 2.28. The van der Waals surface area contributed by atoms with E-state index in [1.165, 1.54) is 0 Å². The third-order valence-electron chi connectivity index (χ3n) is 3.93. The number of rotatable bonds is 1. The van der Waals surface area contributed by atoms with Crippen molar-refractivity contribution in [2.75, 3.05) is 0 Å². The zero-order chi connectivity index (χ0) is 15.2. The Balaban J connectivity index is 1.76. The minimum atomic E-state index is 0.739. The molecule has 1 aromatic carbocycles. The van der Waals surface area contributed by atoms with Crippen molar-refractivity contribution in [1.29, 1.82) is 0 Å². The number of nitrogens with zero attached hydrogens (tertiary/aromatic N) is 3. The molecule has 5 aromatic rings. The number of benzene rings is 1. The number of para-hydroxylation sites is 1. The number of furan rings is 1. The maximum absolute atomic E-state index is 5.77. The highest BCUT2D eigenvalue weighted by atomic mass is 16.3. The van der Waals surface area contributed by atoms with Crippen molar-refractivity contribution < 1.29 is 4.42 Å². The van der Waals surface area contributed by atoms with E-state index in [-0.39, 0.29) is 0 Å². The van der Waals surface area contributed by atoms with E-state index < -0.39 is 0 Å². The van der Waals surface area contributed by atoms with Gasteiger partial charge in [0.05, 0.1) is 16.9 Å². The first-order valence-electron chi connectivity index (χ1n) is 7.39. The first-order valence-corrected chi connectivity index (χ1v) is 7.39. The Hall–Kier alpha value is -3.27. The molecule has 4 heteroatoms. The number of hydrogen-bond donors (Lipinski definition) is 0. The van der Waals surface area contributed by atoms with Gasteiger partial charge in [-0.3, -0.25) is 4.98 Å². The highest BCUT2D eigenvalue weighted by Gasteiger charge is 2.11. The fourth-order valence-electron chi connectivity index (χ4n) is 2.82. The lowest BCUT2D eigenvalue weighted by molar-refractivity contribution is 0.667. The Morgan fingerprint density at radius 2 is 1.48 bits per heavy atom. The Morgan fingerprint density at radius 1 is 0.652 bits per heavy atom. The van der Waals surface area contributed by atoms with E-state index in [2.05, 4.69) is 17.1 Å². The van der Waals surface area contributed by atoms with Crippen molar-refractivity contribution in [3.05, 3.63) is 66.9 Å². The van der Waals surface area contributed by atoms with Crippen LogP contribution in [0.25, 0.3) is 44.5 Å². The molecule has 5 rings (SSSR count). The lowest BCUT2D eigenvalue weighted by Gasteiger charge is -2.02. The molecular weight excluding hydrogens is 286 g/mol. The first kappa shape index (κ1) is 12.3. The molecule has 4 nitrogen and oxygen atoms in total. The van der Waals surface area contributed by atoms with Gasteiger partial charge in [-0.2, -0.15) is 0 Å². The number of pyridine rings is 3.